The zero-order valence-electron chi connectivity index (χ0n) is 16.0. The van der Waals surface area contributed by atoms with Crippen LogP contribution in [-0.4, -0.2) is 28.7 Å². The summed E-state index contributed by atoms with van der Waals surface area (Å²) in [7, 11) is 0. The number of benzene rings is 2. The fraction of sp³-hybridized carbons (Fsp3) is 0.227. The van der Waals surface area contributed by atoms with Crippen molar-refractivity contribution in [3.8, 4) is 5.75 Å². The highest BCUT2D eigenvalue weighted by Gasteiger charge is 2.56. The Bertz CT molecular complexity index is 1170. The normalized spacial score (nSPS) is 22.7. The van der Waals surface area contributed by atoms with Crippen molar-refractivity contribution in [3.05, 3.63) is 74.7 Å². The quantitative estimate of drug-likeness (QED) is 0.630. The molecule has 2 amide bonds. The smallest absolute Gasteiger partial charge is 0.305 e. The molecular weight excluding hydrogens is 420 g/mol. The summed E-state index contributed by atoms with van der Waals surface area (Å²) in [5.41, 5.74) is 1.46. The summed E-state index contributed by atoms with van der Waals surface area (Å²) in [5.74, 6) is -0.690. The molecule has 1 saturated heterocycles. The molecule has 1 aromatic heterocycles. The molecule has 5 rings (SSSR count). The second-order valence-corrected chi connectivity index (χ2v) is 9.27. The van der Waals surface area contributed by atoms with E-state index in [9.17, 15) is 14.4 Å². The molecule has 2 aromatic carbocycles. The van der Waals surface area contributed by atoms with Gasteiger partial charge in [0.2, 0.25) is 11.8 Å². The molecule has 0 bridgehead atoms. The van der Waals surface area contributed by atoms with E-state index in [1.807, 2.05) is 37.3 Å². The highest BCUT2D eigenvalue weighted by molar-refractivity contribution is 8.00. The number of hydrogen-bond donors (Lipinski definition) is 1. The number of amides is 2. The van der Waals surface area contributed by atoms with E-state index in [2.05, 4.69) is 4.98 Å². The number of carbonyl (C=O) groups excluding carboxylic acids is 2. The van der Waals surface area contributed by atoms with Crippen LogP contribution in [0.25, 0.3) is 0 Å². The number of imide groups is 1. The van der Waals surface area contributed by atoms with E-state index in [1.165, 1.54) is 16.7 Å². The lowest BCUT2D eigenvalue weighted by Gasteiger charge is -2.29. The lowest BCUT2D eigenvalue weighted by Crippen LogP contribution is -2.32. The van der Waals surface area contributed by atoms with Crippen molar-refractivity contribution in [1.82, 2.24) is 4.98 Å². The maximum absolute atomic E-state index is 13.5. The minimum atomic E-state index is -0.577. The third-order valence-corrected chi connectivity index (χ3v) is 7.79. The molecule has 0 saturated carbocycles. The molecule has 2 aliphatic rings. The third-order valence-electron chi connectivity index (χ3n) is 5.39. The average Bonchev–Trinajstić information content (AvgIpc) is 3.24. The van der Waals surface area contributed by atoms with Crippen LogP contribution >= 0.6 is 23.1 Å². The summed E-state index contributed by atoms with van der Waals surface area (Å²) < 4.78 is 5.46. The van der Waals surface area contributed by atoms with Gasteiger partial charge in [0.25, 0.3) is 0 Å². The van der Waals surface area contributed by atoms with Gasteiger partial charge in [-0.05, 0) is 36.8 Å². The summed E-state index contributed by atoms with van der Waals surface area (Å²) in [6.07, 6.45) is 0. The molecule has 3 aromatic rings. The van der Waals surface area contributed by atoms with Crippen molar-refractivity contribution in [2.75, 3.05) is 11.5 Å². The Kier molecular flexibility index (Phi) is 4.75. The van der Waals surface area contributed by atoms with E-state index in [0.29, 0.717) is 23.1 Å². The van der Waals surface area contributed by atoms with Crippen LogP contribution in [0.15, 0.2) is 64.4 Å². The maximum atomic E-state index is 13.5. The molecule has 2 aliphatic heterocycles. The molecule has 0 aliphatic carbocycles. The molecule has 152 valence electrons. The van der Waals surface area contributed by atoms with Gasteiger partial charge >= 0.3 is 4.87 Å². The first-order chi connectivity index (χ1) is 14.6. The first-order valence-electron chi connectivity index (χ1n) is 9.63. The van der Waals surface area contributed by atoms with Gasteiger partial charge in [-0.15, -0.1) is 0 Å². The van der Waals surface area contributed by atoms with Crippen molar-refractivity contribution >= 4 is 40.6 Å². The molecule has 0 radical (unpaired) electrons. The van der Waals surface area contributed by atoms with Crippen LogP contribution in [0.5, 0.6) is 5.75 Å². The van der Waals surface area contributed by atoms with Crippen LogP contribution in [0.3, 0.4) is 0 Å². The number of aromatic amines is 1. The molecular formula is C22H18N2O4S2. The molecule has 1 N–H and O–H groups in total. The molecule has 0 spiro atoms. The Balaban J connectivity index is 1.58. The number of thiazole rings is 1. The number of H-pyrrole nitrogens is 1. The van der Waals surface area contributed by atoms with Crippen molar-refractivity contribution in [3.63, 3.8) is 0 Å². The van der Waals surface area contributed by atoms with E-state index >= 15 is 0 Å². The predicted octanol–water partition coefficient (Wildman–Crippen LogP) is 3.63. The Labute approximate surface area is 180 Å². The first kappa shape index (κ1) is 19.1. The number of carbonyl (C=O) groups is 2. The zero-order chi connectivity index (χ0) is 20.8. The summed E-state index contributed by atoms with van der Waals surface area (Å²) in [6, 6.07) is 16.6. The number of fused-ring (bicyclic) bond motifs is 2. The van der Waals surface area contributed by atoms with Gasteiger partial charge < -0.3 is 9.72 Å². The number of nitrogens with one attached hydrogen (secondary N) is 1. The Hall–Kier alpha value is -2.84. The summed E-state index contributed by atoms with van der Waals surface area (Å²) in [4.78, 5) is 43.7. The highest BCUT2D eigenvalue weighted by atomic mass is 32.2. The Morgan fingerprint density at radius 2 is 1.73 bits per heavy atom. The minimum absolute atomic E-state index is 0.170. The summed E-state index contributed by atoms with van der Waals surface area (Å²) in [6.45, 7) is 2.44. The first-order valence-corrected chi connectivity index (χ1v) is 11.3. The molecule has 30 heavy (non-hydrogen) atoms. The van der Waals surface area contributed by atoms with Crippen LogP contribution in [-0.2, 0) is 9.59 Å². The number of aromatic nitrogens is 1. The monoisotopic (exact) mass is 438 g/mol. The third kappa shape index (κ3) is 2.98. The van der Waals surface area contributed by atoms with Crippen molar-refractivity contribution in [2.24, 2.45) is 5.92 Å². The number of rotatable bonds is 4. The van der Waals surface area contributed by atoms with E-state index in [1.54, 1.807) is 24.3 Å². The average molecular weight is 439 g/mol. The van der Waals surface area contributed by atoms with Gasteiger partial charge in [-0.1, -0.05) is 53.4 Å². The molecule has 3 heterocycles. The van der Waals surface area contributed by atoms with Crippen LogP contribution < -0.4 is 14.5 Å². The topological polar surface area (TPSA) is 79.5 Å². The Morgan fingerprint density at radius 3 is 2.43 bits per heavy atom. The summed E-state index contributed by atoms with van der Waals surface area (Å²) >= 11 is 2.41. The van der Waals surface area contributed by atoms with Crippen molar-refractivity contribution < 1.29 is 14.3 Å². The lowest BCUT2D eigenvalue weighted by molar-refractivity contribution is -0.122. The van der Waals surface area contributed by atoms with Crippen LogP contribution in [0.1, 0.15) is 23.3 Å². The van der Waals surface area contributed by atoms with E-state index in [-0.39, 0.29) is 22.6 Å². The van der Waals surface area contributed by atoms with Crippen LogP contribution in [0.2, 0.25) is 0 Å². The molecule has 1 fully saturated rings. The van der Waals surface area contributed by atoms with Crippen molar-refractivity contribution in [1.29, 1.82) is 0 Å². The second kappa shape index (κ2) is 7.45. The van der Waals surface area contributed by atoms with Crippen LogP contribution in [0.4, 0.5) is 5.69 Å². The zero-order valence-corrected chi connectivity index (χ0v) is 17.7. The van der Waals surface area contributed by atoms with Gasteiger partial charge in [-0.2, -0.15) is 0 Å². The van der Waals surface area contributed by atoms with Crippen LogP contribution in [0, 0.1) is 5.92 Å². The molecule has 3 atom stereocenters. The SMILES string of the molecule is CCOc1ccc(N2C(=O)[C@@H]3[C@H](c4ccccc4)c4sc(=O)[nH]c4S[C@@H]3C2=O)cc1. The molecule has 6 nitrogen and oxygen atoms in total. The number of thioether (sulfide) groups is 1. The fourth-order valence-electron chi connectivity index (χ4n) is 4.15. The van der Waals surface area contributed by atoms with E-state index in [4.69, 9.17) is 4.74 Å². The number of nitrogens with zero attached hydrogens (tertiary/aromatic N) is 1. The van der Waals surface area contributed by atoms with Gasteiger partial charge in [0.05, 0.1) is 23.2 Å². The second-order valence-electron chi connectivity index (χ2n) is 7.10. The maximum Gasteiger partial charge on any atom is 0.305 e. The highest BCUT2D eigenvalue weighted by Crippen LogP contribution is 2.53. The largest absolute Gasteiger partial charge is 0.494 e. The van der Waals surface area contributed by atoms with Gasteiger partial charge in [0, 0.05) is 10.8 Å². The fourth-order valence-corrected chi connectivity index (χ4v) is 6.66. The summed E-state index contributed by atoms with van der Waals surface area (Å²) in [5, 5.41) is 0.113. The number of hydrogen-bond acceptors (Lipinski definition) is 6. The standard InChI is InChI=1S/C22H18N2O4S2/c1-2-28-14-10-8-13(9-11-14)24-20(25)16-15(12-6-4-3-5-7-12)17-19(23-22(27)30-17)29-18(16)21(24)26/h3-11,15-16,18H,2H2,1H3,(H,23,27)/t15-,16+,18-/m0/s1. The van der Waals surface area contributed by atoms with Crippen molar-refractivity contribution in [2.45, 2.75) is 23.1 Å². The predicted molar refractivity (Wildman–Crippen MR) is 116 cm³/mol. The van der Waals surface area contributed by atoms with E-state index < -0.39 is 11.2 Å². The lowest BCUT2D eigenvalue weighted by atomic mass is 9.83. The minimum Gasteiger partial charge on any atom is -0.494 e. The number of ether oxygens (including phenoxy) is 1. The number of anilines is 1. The van der Waals surface area contributed by atoms with Gasteiger partial charge in [0.15, 0.2) is 0 Å². The molecule has 0 unspecified atom stereocenters. The van der Waals surface area contributed by atoms with Gasteiger partial charge in [-0.3, -0.25) is 14.4 Å². The molecule has 8 heteroatoms. The van der Waals surface area contributed by atoms with Gasteiger partial charge in [-0.25, -0.2) is 4.90 Å². The van der Waals surface area contributed by atoms with Gasteiger partial charge in [0.1, 0.15) is 11.0 Å². The Morgan fingerprint density at radius 1 is 1.00 bits per heavy atom. The van der Waals surface area contributed by atoms with E-state index in [0.717, 1.165) is 21.8 Å².